The smallest absolute Gasteiger partial charge is 0.412 e. The summed E-state index contributed by atoms with van der Waals surface area (Å²) in [6.45, 7) is 7.17. The van der Waals surface area contributed by atoms with Gasteiger partial charge in [-0.15, -0.1) is 0 Å². The molecule has 0 aliphatic heterocycles. The average molecular weight is 265 g/mol. The third-order valence-corrected chi connectivity index (χ3v) is 2.28. The van der Waals surface area contributed by atoms with E-state index in [2.05, 4.69) is 10.1 Å². The van der Waals surface area contributed by atoms with E-state index in [4.69, 9.17) is 4.74 Å². The van der Waals surface area contributed by atoms with E-state index in [0.717, 1.165) is 5.56 Å². The Morgan fingerprint density at radius 1 is 1.21 bits per heavy atom. The summed E-state index contributed by atoms with van der Waals surface area (Å²) < 4.78 is 9.78. The molecule has 1 amide bonds. The van der Waals surface area contributed by atoms with E-state index in [0.29, 0.717) is 11.3 Å². The molecule has 1 rings (SSSR count). The second kappa shape index (κ2) is 5.73. The van der Waals surface area contributed by atoms with Crippen molar-refractivity contribution in [1.29, 1.82) is 0 Å². The topological polar surface area (TPSA) is 64.6 Å². The molecule has 0 atom stereocenters. The van der Waals surface area contributed by atoms with Crippen molar-refractivity contribution in [2.45, 2.75) is 33.3 Å². The fraction of sp³-hybridized carbons (Fsp3) is 0.429. The minimum atomic E-state index is -0.552. The summed E-state index contributed by atoms with van der Waals surface area (Å²) in [6, 6.07) is 4.88. The van der Waals surface area contributed by atoms with Crippen LogP contribution in [-0.2, 0) is 9.47 Å². The summed E-state index contributed by atoms with van der Waals surface area (Å²) in [5.74, 6) is -0.410. The molecule has 0 fully saturated rings. The van der Waals surface area contributed by atoms with Crippen molar-refractivity contribution in [3.8, 4) is 0 Å². The number of nitrogens with one attached hydrogen (secondary N) is 1. The zero-order valence-corrected chi connectivity index (χ0v) is 11.9. The fourth-order valence-corrected chi connectivity index (χ4v) is 1.46. The van der Waals surface area contributed by atoms with Crippen molar-refractivity contribution in [3.05, 3.63) is 29.3 Å². The Kier molecular flexibility index (Phi) is 4.53. The maximum absolute atomic E-state index is 11.6. The Balaban J connectivity index is 2.81. The van der Waals surface area contributed by atoms with Crippen molar-refractivity contribution in [1.82, 2.24) is 0 Å². The summed E-state index contributed by atoms with van der Waals surface area (Å²) in [4.78, 5) is 23.0. The minimum absolute atomic E-state index is 0.410. The monoisotopic (exact) mass is 265 g/mol. The van der Waals surface area contributed by atoms with Crippen LogP contribution in [-0.4, -0.2) is 24.8 Å². The summed E-state index contributed by atoms with van der Waals surface area (Å²) in [7, 11) is 1.32. The SMILES string of the molecule is COC(=O)c1ccc(NC(=O)OC(C)(C)C)c(C)c1. The highest BCUT2D eigenvalue weighted by molar-refractivity contribution is 5.92. The van der Waals surface area contributed by atoms with Crippen molar-refractivity contribution in [2.75, 3.05) is 12.4 Å². The molecular formula is C14H19NO4. The van der Waals surface area contributed by atoms with Gasteiger partial charge in [0.25, 0.3) is 0 Å². The first-order valence-electron chi connectivity index (χ1n) is 5.92. The van der Waals surface area contributed by atoms with Gasteiger partial charge in [-0.3, -0.25) is 5.32 Å². The molecule has 0 aliphatic carbocycles. The number of carbonyl (C=O) groups excluding carboxylic acids is 2. The van der Waals surface area contributed by atoms with E-state index in [1.807, 2.05) is 0 Å². The van der Waals surface area contributed by atoms with Gasteiger partial charge in [-0.25, -0.2) is 9.59 Å². The standard InChI is InChI=1S/C14H19NO4/c1-9-8-10(12(16)18-5)6-7-11(9)15-13(17)19-14(2,3)4/h6-8H,1-5H3,(H,15,17). The maximum Gasteiger partial charge on any atom is 0.412 e. The van der Waals surface area contributed by atoms with Gasteiger partial charge < -0.3 is 9.47 Å². The predicted molar refractivity (Wildman–Crippen MR) is 72.4 cm³/mol. The van der Waals surface area contributed by atoms with Gasteiger partial charge in [0, 0.05) is 5.69 Å². The molecule has 0 aromatic heterocycles. The van der Waals surface area contributed by atoms with Crippen LogP contribution < -0.4 is 5.32 Å². The highest BCUT2D eigenvalue weighted by Crippen LogP contribution is 2.18. The van der Waals surface area contributed by atoms with Crippen molar-refractivity contribution in [3.63, 3.8) is 0 Å². The molecule has 0 spiro atoms. The fourth-order valence-electron chi connectivity index (χ4n) is 1.46. The summed E-state index contributed by atoms with van der Waals surface area (Å²) in [5, 5.41) is 2.64. The summed E-state index contributed by atoms with van der Waals surface area (Å²) in [6.07, 6.45) is -0.526. The van der Waals surface area contributed by atoms with Crippen LogP contribution in [0.2, 0.25) is 0 Å². The lowest BCUT2D eigenvalue weighted by Crippen LogP contribution is -2.27. The molecule has 1 aromatic carbocycles. The number of rotatable bonds is 2. The zero-order valence-electron chi connectivity index (χ0n) is 11.9. The van der Waals surface area contributed by atoms with Crippen molar-refractivity contribution >= 4 is 17.7 Å². The van der Waals surface area contributed by atoms with Crippen molar-refractivity contribution < 1.29 is 19.1 Å². The third-order valence-electron chi connectivity index (χ3n) is 2.28. The van der Waals surface area contributed by atoms with Gasteiger partial charge in [0.1, 0.15) is 5.60 Å². The normalized spacial score (nSPS) is 10.8. The first-order chi connectivity index (χ1) is 8.73. The molecule has 0 heterocycles. The van der Waals surface area contributed by atoms with Gasteiger partial charge in [0.05, 0.1) is 12.7 Å². The number of anilines is 1. The Bertz CT molecular complexity index is 489. The number of hydrogen-bond donors (Lipinski definition) is 1. The number of esters is 1. The number of carbonyl (C=O) groups is 2. The quantitative estimate of drug-likeness (QED) is 0.834. The number of methoxy groups -OCH3 is 1. The summed E-state index contributed by atoms with van der Waals surface area (Å²) >= 11 is 0. The molecule has 0 unspecified atom stereocenters. The van der Waals surface area contributed by atoms with Crippen LogP contribution in [0.3, 0.4) is 0 Å². The van der Waals surface area contributed by atoms with Gasteiger partial charge in [0.15, 0.2) is 0 Å². The molecule has 5 heteroatoms. The molecule has 1 aromatic rings. The Labute approximate surface area is 112 Å². The number of ether oxygens (including phenoxy) is 2. The van der Waals surface area contributed by atoms with Gasteiger partial charge in [-0.05, 0) is 51.5 Å². The predicted octanol–water partition coefficient (Wildman–Crippen LogP) is 3.13. The van der Waals surface area contributed by atoms with Gasteiger partial charge in [-0.2, -0.15) is 0 Å². The second-order valence-electron chi connectivity index (χ2n) is 5.15. The maximum atomic E-state index is 11.6. The van der Waals surface area contributed by atoms with Gasteiger partial charge >= 0.3 is 12.1 Å². The Hall–Kier alpha value is -2.04. The van der Waals surface area contributed by atoms with Crippen LogP contribution in [0.1, 0.15) is 36.7 Å². The molecule has 0 bridgehead atoms. The lowest BCUT2D eigenvalue weighted by Gasteiger charge is -2.20. The van der Waals surface area contributed by atoms with E-state index in [1.54, 1.807) is 45.9 Å². The first kappa shape index (κ1) is 15.0. The molecule has 0 aliphatic rings. The number of benzene rings is 1. The van der Waals surface area contributed by atoms with Crippen LogP contribution in [0, 0.1) is 6.92 Å². The van der Waals surface area contributed by atoms with Crippen LogP contribution in [0.15, 0.2) is 18.2 Å². The number of aryl methyl sites for hydroxylation is 1. The van der Waals surface area contributed by atoms with E-state index in [-0.39, 0.29) is 0 Å². The minimum Gasteiger partial charge on any atom is -0.465 e. The average Bonchev–Trinajstić information content (AvgIpc) is 2.28. The molecule has 0 saturated carbocycles. The zero-order chi connectivity index (χ0) is 14.6. The van der Waals surface area contributed by atoms with Crippen LogP contribution in [0.25, 0.3) is 0 Å². The van der Waals surface area contributed by atoms with E-state index >= 15 is 0 Å². The Morgan fingerprint density at radius 2 is 1.84 bits per heavy atom. The molecule has 0 radical (unpaired) electrons. The van der Waals surface area contributed by atoms with Crippen LogP contribution in [0.5, 0.6) is 0 Å². The Morgan fingerprint density at radius 3 is 2.32 bits per heavy atom. The molecule has 0 saturated heterocycles. The molecule has 1 N–H and O–H groups in total. The lowest BCUT2D eigenvalue weighted by atomic mass is 10.1. The highest BCUT2D eigenvalue weighted by Gasteiger charge is 2.17. The van der Waals surface area contributed by atoms with Crippen molar-refractivity contribution in [2.24, 2.45) is 0 Å². The molecule has 19 heavy (non-hydrogen) atoms. The third kappa shape index (κ3) is 4.62. The van der Waals surface area contributed by atoms with Crippen LogP contribution >= 0.6 is 0 Å². The highest BCUT2D eigenvalue weighted by atomic mass is 16.6. The summed E-state index contributed by atoms with van der Waals surface area (Å²) in [5.41, 5.74) is 1.25. The number of hydrogen-bond acceptors (Lipinski definition) is 4. The number of amides is 1. The van der Waals surface area contributed by atoms with Gasteiger partial charge in [0.2, 0.25) is 0 Å². The molecule has 104 valence electrons. The lowest BCUT2D eigenvalue weighted by molar-refractivity contribution is 0.0599. The molecular weight excluding hydrogens is 246 g/mol. The van der Waals surface area contributed by atoms with Gasteiger partial charge in [-0.1, -0.05) is 0 Å². The van der Waals surface area contributed by atoms with E-state index < -0.39 is 17.7 Å². The van der Waals surface area contributed by atoms with E-state index in [9.17, 15) is 9.59 Å². The van der Waals surface area contributed by atoms with Crippen LogP contribution in [0.4, 0.5) is 10.5 Å². The second-order valence-corrected chi connectivity index (χ2v) is 5.15. The largest absolute Gasteiger partial charge is 0.465 e. The van der Waals surface area contributed by atoms with E-state index in [1.165, 1.54) is 7.11 Å². The first-order valence-corrected chi connectivity index (χ1v) is 5.92. The molecule has 5 nitrogen and oxygen atoms in total.